The van der Waals surface area contributed by atoms with Crippen LogP contribution in [0.5, 0.6) is 0 Å². The molecule has 0 aliphatic heterocycles. The summed E-state index contributed by atoms with van der Waals surface area (Å²) in [5, 5.41) is 4.27. The second-order valence-corrected chi connectivity index (χ2v) is 5.25. The van der Waals surface area contributed by atoms with Crippen LogP contribution in [0.2, 0.25) is 15.1 Å². The molecular formula is C15H10Cl3NO. The summed E-state index contributed by atoms with van der Waals surface area (Å²) in [6.07, 6.45) is 3.08. The van der Waals surface area contributed by atoms with E-state index in [0.717, 1.165) is 5.56 Å². The minimum Gasteiger partial charge on any atom is -0.323 e. The van der Waals surface area contributed by atoms with Gasteiger partial charge in [0.1, 0.15) is 0 Å². The number of hydrogen-bond donors (Lipinski definition) is 1. The molecule has 20 heavy (non-hydrogen) atoms. The lowest BCUT2D eigenvalue weighted by atomic mass is 10.2. The maximum Gasteiger partial charge on any atom is 0.248 e. The summed E-state index contributed by atoms with van der Waals surface area (Å²) in [5.41, 5.74) is 1.48. The molecule has 0 radical (unpaired) electrons. The van der Waals surface area contributed by atoms with Gasteiger partial charge in [0.15, 0.2) is 0 Å². The monoisotopic (exact) mass is 325 g/mol. The van der Waals surface area contributed by atoms with E-state index in [2.05, 4.69) is 5.32 Å². The number of hydrogen-bond acceptors (Lipinski definition) is 1. The van der Waals surface area contributed by atoms with Gasteiger partial charge in [0.2, 0.25) is 5.91 Å². The lowest BCUT2D eigenvalue weighted by Crippen LogP contribution is -2.07. The van der Waals surface area contributed by atoms with Crippen LogP contribution in [-0.2, 0) is 4.79 Å². The molecule has 5 heteroatoms. The maximum absolute atomic E-state index is 11.7. The highest BCUT2D eigenvalue weighted by Crippen LogP contribution is 2.23. The first-order valence-electron chi connectivity index (χ1n) is 5.74. The number of carbonyl (C=O) groups excluding carboxylic acids is 1. The summed E-state index contributed by atoms with van der Waals surface area (Å²) in [6.45, 7) is 0. The quantitative estimate of drug-likeness (QED) is 0.762. The number of amides is 1. The third kappa shape index (κ3) is 4.27. The minimum atomic E-state index is -0.238. The molecule has 2 nitrogen and oxygen atoms in total. The van der Waals surface area contributed by atoms with Gasteiger partial charge in [0, 0.05) is 16.8 Å². The van der Waals surface area contributed by atoms with Crippen molar-refractivity contribution in [3.8, 4) is 0 Å². The average molecular weight is 327 g/mol. The Labute approximate surface area is 132 Å². The molecule has 0 saturated heterocycles. The van der Waals surface area contributed by atoms with Crippen molar-refractivity contribution in [1.82, 2.24) is 0 Å². The Hall–Kier alpha value is -1.48. The van der Waals surface area contributed by atoms with Gasteiger partial charge < -0.3 is 5.32 Å². The van der Waals surface area contributed by atoms with Gasteiger partial charge in [-0.3, -0.25) is 4.79 Å². The van der Waals surface area contributed by atoms with Gasteiger partial charge in [-0.1, -0.05) is 40.9 Å². The van der Waals surface area contributed by atoms with Crippen molar-refractivity contribution >= 4 is 52.5 Å². The summed E-state index contributed by atoms with van der Waals surface area (Å²) in [7, 11) is 0. The summed E-state index contributed by atoms with van der Waals surface area (Å²) in [6, 6.07) is 12.0. The fourth-order valence-electron chi connectivity index (χ4n) is 1.51. The zero-order chi connectivity index (χ0) is 14.5. The summed E-state index contributed by atoms with van der Waals surface area (Å²) in [5.74, 6) is -0.238. The fourth-order valence-corrected chi connectivity index (χ4v) is 1.94. The van der Waals surface area contributed by atoms with Crippen molar-refractivity contribution in [1.29, 1.82) is 0 Å². The second kappa shape index (κ2) is 6.80. The van der Waals surface area contributed by atoms with Crippen molar-refractivity contribution in [2.24, 2.45) is 0 Å². The second-order valence-electron chi connectivity index (χ2n) is 4.00. The first-order chi connectivity index (χ1) is 9.54. The van der Waals surface area contributed by atoms with Crippen LogP contribution in [0.1, 0.15) is 5.56 Å². The number of nitrogens with one attached hydrogen (secondary N) is 1. The first-order valence-corrected chi connectivity index (χ1v) is 6.88. The molecule has 1 N–H and O–H groups in total. The van der Waals surface area contributed by atoms with Gasteiger partial charge >= 0.3 is 0 Å². The Kier molecular flexibility index (Phi) is 5.07. The van der Waals surface area contributed by atoms with E-state index in [0.29, 0.717) is 20.8 Å². The number of rotatable bonds is 3. The standard InChI is InChI=1S/C15H10Cl3NO/c16-11-3-5-12(6-4-11)19-15(20)8-2-10-1-7-13(17)14(18)9-10/h1-9H,(H,19,20)/b8-2+. The number of benzene rings is 2. The zero-order valence-corrected chi connectivity index (χ0v) is 12.5. The number of carbonyl (C=O) groups is 1. The van der Waals surface area contributed by atoms with E-state index in [-0.39, 0.29) is 5.91 Å². The molecular weight excluding hydrogens is 317 g/mol. The van der Waals surface area contributed by atoms with Crippen LogP contribution in [0.3, 0.4) is 0 Å². The predicted octanol–water partition coefficient (Wildman–Crippen LogP) is 5.30. The molecule has 1 amide bonds. The Balaban J connectivity index is 2.01. The molecule has 102 valence electrons. The minimum absolute atomic E-state index is 0.238. The summed E-state index contributed by atoms with van der Waals surface area (Å²) >= 11 is 17.5. The van der Waals surface area contributed by atoms with Crippen LogP contribution in [0.15, 0.2) is 48.5 Å². The fraction of sp³-hybridized carbons (Fsp3) is 0. The molecule has 0 aliphatic carbocycles. The molecule has 0 saturated carbocycles. The van der Waals surface area contributed by atoms with E-state index < -0.39 is 0 Å². The molecule has 0 atom stereocenters. The lowest BCUT2D eigenvalue weighted by Gasteiger charge is -2.02. The molecule has 0 heterocycles. The van der Waals surface area contributed by atoms with Crippen LogP contribution in [0.4, 0.5) is 5.69 Å². The van der Waals surface area contributed by atoms with Crippen LogP contribution in [0, 0.1) is 0 Å². The molecule has 2 aromatic rings. The molecule has 2 rings (SSSR count). The van der Waals surface area contributed by atoms with E-state index in [1.807, 2.05) is 0 Å². The van der Waals surface area contributed by atoms with Crippen molar-refractivity contribution in [3.05, 3.63) is 69.2 Å². The first kappa shape index (κ1) is 14.9. The van der Waals surface area contributed by atoms with E-state index in [1.165, 1.54) is 6.08 Å². The molecule has 0 fully saturated rings. The topological polar surface area (TPSA) is 29.1 Å². The average Bonchev–Trinajstić information content (AvgIpc) is 2.43. The molecule has 0 unspecified atom stereocenters. The molecule has 2 aromatic carbocycles. The van der Waals surface area contributed by atoms with Gasteiger partial charge in [-0.25, -0.2) is 0 Å². The highest BCUT2D eigenvalue weighted by Gasteiger charge is 1.99. The number of halogens is 3. The Morgan fingerprint density at radius 3 is 2.30 bits per heavy atom. The number of anilines is 1. The smallest absolute Gasteiger partial charge is 0.248 e. The normalized spacial score (nSPS) is 10.8. The molecule has 0 spiro atoms. The highest BCUT2D eigenvalue weighted by molar-refractivity contribution is 6.42. The van der Waals surface area contributed by atoms with Gasteiger partial charge in [-0.15, -0.1) is 0 Å². The van der Waals surface area contributed by atoms with Crippen LogP contribution in [0.25, 0.3) is 6.08 Å². The van der Waals surface area contributed by atoms with Gasteiger partial charge in [-0.05, 0) is 48.0 Å². The van der Waals surface area contributed by atoms with E-state index >= 15 is 0 Å². The lowest BCUT2D eigenvalue weighted by molar-refractivity contribution is -0.111. The molecule has 0 bridgehead atoms. The van der Waals surface area contributed by atoms with Crippen LogP contribution < -0.4 is 5.32 Å². The third-order valence-electron chi connectivity index (χ3n) is 2.48. The molecule has 0 aromatic heterocycles. The SMILES string of the molecule is O=C(/C=C/c1ccc(Cl)c(Cl)c1)Nc1ccc(Cl)cc1. The zero-order valence-electron chi connectivity index (χ0n) is 10.2. The Morgan fingerprint density at radius 1 is 0.950 bits per heavy atom. The van der Waals surface area contributed by atoms with E-state index in [1.54, 1.807) is 48.5 Å². The van der Waals surface area contributed by atoms with Crippen molar-refractivity contribution < 1.29 is 4.79 Å². The van der Waals surface area contributed by atoms with Gasteiger partial charge in [0.05, 0.1) is 10.0 Å². The molecule has 0 aliphatic rings. The van der Waals surface area contributed by atoms with Crippen LogP contribution >= 0.6 is 34.8 Å². The summed E-state index contributed by atoms with van der Waals surface area (Å²) in [4.78, 5) is 11.7. The van der Waals surface area contributed by atoms with Crippen molar-refractivity contribution in [2.45, 2.75) is 0 Å². The summed E-state index contributed by atoms with van der Waals surface area (Å²) < 4.78 is 0. The predicted molar refractivity (Wildman–Crippen MR) is 85.6 cm³/mol. The largest absolute Gasteiger partial charge is 0.323 e. The van der Waals surface area contributed by atoms with Gasteiger partial charge in [-0.2, -0.15) is 0 Å². The van der Waals surface area contributed by atoms with Crippen LogP contribution in [-0.4, -0.2) is 5.91 Å². The van der Waals surface area contributed by atoms with Gasteiger partial charge in [0.25, 0.3) is 0 Å². The van der Waals surface area contributed by atoms with Crippen molar-refractivity contribution in [3.63, 3.8) is 0 Å². The third-order valence-corrected chi connectivity index (χ3v) is 3.47. The maximum atomic E-state index is 11.7. The Morgan fingerprint density at radius 2 is 1.65 bits per heavy atom. The van der Waals surface area contributed by atoms with E-state index in [9.17, 15) is 4.79 Å². The Bertz CT molecular complexity index is 651. The van der Waals surface area contributed by atoms with Crippen molar-refractivity contribution in [2.75, 3.05) is 5.32 Å². The van der Waals surface area contributed by atoms with E-state index in [4.69, 9.17) is 34.8 Å². The highest BCUT2D eigenvalue weighted by atomic mass is 35.5.